The summed E-state index contributed by atoms with van der Waals surface area (Å²) in [6.45, 7) is 13.1. The van der Waals surface area contributed by atoms with Gasteiger partial charge in [-0.15, -0.1) is 0 Å². The van der Waals surface area contributed by atoms with E-state index in [4.69, 9.17) is 0 Å². The van der Waals surface area contributed by atoms with Gasteiger partial charge in [-0.1, -0.05) is 27.7 Å². The van der Waals surface area contributed by atoms with Gasteiger partial charge in [-0.05, 0) is 26.4 Å². The molecular formula is C11H25NO. The van der Waals surface area contributed by atoms with Crippen LogP contribution in [0.2, 0.25) is 0 Å². The summed E-state index contributed by atoms with van der Waals surface area (Å²) in [6.07, 6.45) is 1.87. The first-order valence-corrected chi connectivity index (χ1v) is 5.42. The highest BCUT2D eigenvalue weighted by atomic mass is 16.1. The van der Waals surface area contributed by atoms with Gasteiger partial charge in [0.05, 0.1) is 0 Å². The maximum absolute atomic E-state index is 10.6. The Kier molecular flexibility index (Phi) is 13.5. The van der Waals surface area contributed by atoms with E-state index < -0.39 is 0 Å². The molecule has 0 saturated carbocycles. The molecule has 0 rings (SSSR count). The van der Waals surface area contributed by atoms with Crippen molar-refractivity contribution in [2.75, 3.05) is 19.6 Å². The van der Waals surface area contributed by atoms with Gasteiger partial charge in [-0.3, -0.25) is 4.79 Å². The van der Waals surface area contributed by atoms with Crippen molar-refractivity contribution >= 4 is 5.78 Å². The van der Waals surface area contributed by atoms with Gasteiger partial charge in [0.2, 0.25) is 0 Å². The summed E-state index contributed by atoms with van der Waals surface area (Å²) in [5.41, 5.74) is 0. The maximum atomic E-state index is 10.6. The monoisotopic (exact) mass is 187 g/mol. The number of nitrogens with zero attached hydrogens (tertiary/aromatic N) is 1. The summed E-state index contributed by atoms with van der Waals surface area (Å²) in [7, 11) is 0. The van der Waals surface area contributed by atoms with Gasteiger partial charge >= 0.3 is 0 Å². The van der Waals surface area contributed by atoms with E-state index in [0.717, 1.165) is 19.6 Å². The molecule has 80 valence electrons. The Morgan fingerprint density at radius 2 is 1.69 bits per heavy atom. The predicted molar refractivity (Wildman–Crippen MR) is 59.1 cm³/mol. The summed E-state index contributed by atoms with van der Waals surface area (Å²) in [5.74, 6) is 0.291. The lowest BCUT2D eigenvalue weighted by Crippen LogP contribution is -2.26. The zero-order valence-corrected chi connectivity index (χ0v) is 9.89. The fourth-order valence-corrected chi connectivity index (χ4v) is 1.06. The number of carbonyl (C=O) groups is 1. The second kappa shape index (κ2) is 11.6. The van der Waals surface area contributed by atoms with Crippen molar-refractivity contribution in [3.63, 3.8) is 0 Å². The molecule has 0 aromatic carbocycles. The molecule has 0 bridgehead atoms. The van der Waals surface area contributed by atoms with Crippen LogP contribution in [0.1, 0.15) is 47.5 Å². The first kappa shape index (κ1) is 15.1. The highest BCUT2D eigenvalue weighted by Gasteiger charge is 2.01. The molecule has 0 heterocycles. The van der Waals surface area contributed by atoms with E-state index in [2.05, 4.69) is 18.7 Å². The molecule has 0 saturated heterocycles. The van der Waals surface area contributed by atoms with Crippen LogP contribution < -0.4 is 0 Å². The molecule has 0 radical (unpaired) electrons. The minimum absolute atomic E-state index is 0.291. The van der Waals surface area contributed by atoms with Crippen LogP contribution in [0, 0.1) is 0 Å². The Balaban J connectivity index is 0. The number of Topliss-reactive ketones (excluding diaryl/α,β-unsaturated/α-hetero) is 1. The summed E-state index contributed by atoms with van der Waals surface area (Å²) in [4.78, 5) is 12.9. The van der Waals surface area contributed by atoms with Gasteiger partial charge < -0.3 is 4.90 Å². The Bertz CT molecular complexity index is 113. The van der Waals surface area contributed by atoms with Gasteiger partial charge in [-0.2, -0.15) is 0 Å². The van der Waals surface area contributed by atoms with Crippen LogP contribution in [0.3, 0.4) is 0 Å². The standard InChI is InChI=1S/C9H19NO.C2H6/c1-4-7-10(5-2)8-6-9(3)11;1-2/h4-8H2,1-3H3;1-2H3. The molecule has 0 aliphatic rings. The topological polar surface area (TPSA) is 20.3 Å². The average molecular weight is 187 g/mol. The normalized spacial score (nSPS) is 9.38. The van der Waals surface area contributed by atoms with E-state index in [9.17, 15) is 4.79 Å². The van der Waals surface area contributed by atoms with E-state index in [1.165, 1.54) is 6.42 Å². The lowest BCUT2D eigenvalue weighted by Gasteiger charge is -2.18. The van der Waals surface area contributed by atoms with Gasteiger partial charge in [0.25, 0.3) is 0 Å². The van der Waals surface area contributed by atoms with E-state index in [1.807, 2.05) is 13.8 Å². The molecule has 2 heteroatoms. The van der Waals surface area contributed by atoms with Crippen LogP contribution >= 0.6 is 0 Å². The predicted octanol–water partition coefficient (Wildman–Crippen LogP) is 2.72. The van der Waals surface area contributed by atoms with Crippen LogP contribution in [-0.4, -0.2) is 30.3 Å². The first-order valence-electron chi connectivity index (χ1n) is 5.42. The second-order valence-corrected chi connectivity index (χ2v) is 2.89. The molecule has 2 nitrogen and oxygen atoms in total. The molecule has 0 fully saturated rings. The van der Waals surface area contributed by atoms with Crippen LogP contribution in [0.25, 0.3) is 0 Å². The number of hydrogen-bond donors (Lipinski definition) is 0. The van der Waals surface area contributed by atoms with Gasteiger partial charge in [0.1, 0.15) is 5.78 Å². The lowest BCUT2D eigenvalue weighted by molar-refractivity contribution is -0.117. The molecule has 0 N–H and O–H groups in total. The number of rotatable bonds is 6. The van der Waals surface area contributed by atoms with Crippen molar-refractivity contribution in [3.8, 4) is 0 Å². The maximum Gasteiger partial charge on any atom is 0.131 e. The SMILES string of the molecule is CC.CCCN(CC)CCC(C)=O. The smallest absolute Gasteiger partial charge is 0.131 e. The van der Waals surface area contributed by atoms with Crippen molar-refractivity contribution in [1.29, 1.82) is 0 Å². The third-order valence-electron chi connectivity index (χ3n) is 1.77. The molecule has 0 aromatic heterocycles. The summed E-state index contributed by atoms with van der Waals surface area (Å²) in [5, 5.41) is 0. The van der Waals surface area contributed by atoms with Crippen molar-refractivity contribution in [2.24, 2.45) is 0 Å². The fourth-order valence-electron chi connectivity index (χ4n) is 1.06. The van der Waals surface area contributed by atoms with E-state index >= 15 is 0 Å². The van der Waals surface area contributed by atoms with Crippen LogP contribution in [0.4, 0.5) is 0 Å². The third kappa shape index (κ3) is 11.6. The van der Waals surface area contributed by atoms with E-state index in [1.54, 1.807) is 6.92 Å². The minimum Gasteiger partial charge on any atom is -0.303 e. The molecule has 0 atom stereocenters. The van der Waals surface area contributed by atoms with Crippen LogP contribution in [-0.2, 0) is 4.79 Å². The average Bonchev–Trinajstić information content (AvgIpc) is 2.15. The Morgan fingerprint density at radius 3 is 2.00 bits per heavy atom. The fraction of sp³-hybridized carbons (Fsp3) is 0.909. The zero-order valence-electron chi connectivity index (χ0n) is 9.89. The second-order valence-electron chi connectivity index (χ2n) is 2.89. The van der Waals surface area contributed by atoms with Crippen molar-refractivity contribution in [3.05, 3.63) is 0 Å². The summed E-state index contributed by atoms with van der Waals surface area (Å²) < 4.78 is 0. The van der Waals surface area contributed by atoms with Gasteiger partial charge in [0.15, 0.2) is 0 Å². The minimum atomic E-state index is 0.291. The van der Waals surface area contributed by atoms with Gasteiger partial charge in [-0.25, -0.2) is 0 Å². The molecule has 0 aliphatic heterocycles. The van der Waals surface area contributed by atoms with Gasteiger partial charge in [0, 0.05) is 13.0 Å². The third-order valence-corrected chi connectivity index (χ3v) is 1.77. The molecule has 0 unspecified atom stereocenters. The molecule has 0 aromatic rings. The summed E-state index contributed by atoms with van der Waals surface area (Å²) in [6, 6.07) is 0. The molecule has 13 heavy (non-hydrogen) atoms. The van der Waals surface area contributed by atoms with Crippen molar-refractivity contribution in [1.82, 2.24) is 4.90 Å². The molecular weight excluding hydrogens is 162 g/mol. The van der Waals surface area contributed by atoms with E-state index in [-0.39, 0.29) is 0 Å². The number of ketones is 1. The molecule has 0 aliphatic carbocycles. The van der Waals surface area contributed by atoms with E-state index in [0.29, 0.717) is 12.2 Å². The highest BCUT2D eigenvalue weighted by molar-refractivity contribution is 5.75. The van der Waals surface area contributed by atoms with Crippen molar-refractivity contribution < 1.29 is 4.79 Å². The number of hydrogen-bond acceptors (Lipinski definition) is 2. The van der Waals surface area contributed by atoms with Crippen LogP contribution in [0.5, 0.6) is 0 Å². The summed E-state index contributed by atoms with van der Waals surface area (Å²) >= 11 is 0. The van der Waals surface area contributed by atoms with Crippen LogP contribution in [0.15, 0.2) is 0 Å². The molecule has 0 amide bonds. The van der Waals surface area contributed by atoms with Crippen molar-refractivity contribution in [2.45, 2.75) is 47.5 Å². The Hall–Kier alpha value is -0.370. The first-order chi connectivity index (χ1) is 6.20. The number of carbonyl (C=O) groups excluding carboxylic acids is 1. The Morgan fingerprint density at radius 1 is 1.15 bits per heavy atom. The quantitative estimate of drug-likeness (QED) is 0.637. The largest absolute Gasteiger partial charge is 0.303 e. The molecule has 0 spiro atoms. The Labute approximate surface area is 83.3 Å². The zero-order chi connectivity index (χ0) is 10.7. The lowest BCUT2D eigenvalue weighted by atomic mass is 10.3. The highest BCUT2D eigenvalue weighted by Crippen LogP contribution is 1.93.